The maximum Gasteiger partial charge on any atom is 0.255 e. The van der Waals surface area contributed by atoms with Crippen LogP contribution in [0.3, 0.4) is 0 Å². The van der Waals surface area contributed by atoms with Crippen LogP contribution in [0.4, 0.5) is 5.82 Å². The summed E-state index contributed by atoms with van der Waals surface area (Å²) in [6, 6.07) is 23.8. The van der Waals surface area contributed by atoms with Crippen molar-refractivity contribution in [3.05, 3.63) is 90.8 Å². The van der Waals surface area contributed by atoms with Crippen LogP contribution in [0.5, 0.6) is 5.75 Å². The van der Waals surface area contributed by atoms with Crippen LogP contribution < -0.4 is 10.1 Å². The van der Waals surface area contributed by atoms with Crippen molar-refractivity contribution in [3.63, 3.8) is 0 Å². The number of aromatic nitrogens is 5. The lowest BCUT2D eigenvalue weighted by atomic mass is 10.1. The number of anilines is 1. The second-order valence-electron chi connectivity index (χ2n) is 6.98. The SMILES string of the molecule is COc1ccc(CNc2cc(-c3ccccc3)nc3nc(-c4cccnc4)nn23)cc1. The van der Waals surface area contributed by atoms with Gasteiger partial charge in [-0.25, -0.2) is 4.98 Å². The smallest absolute Gasteiger partial charge is 0.255 e. The van der Waals surface area contributed by atoms with Crippen molar-refractivity contribution in [2.45, 2.75) is 6.54 Å². The van der Waals surface area contributed by atoms with E-state index in [0.29, 0.717) is 18.1 Å². The summed E-state index contributed by atoms with van der Waals surface area (Å²) in [5.74, 6) is 2.75. The third-order valence-electron chi connectivity index (χ3n) is 4.93. The molecular formula is C24H20N6O. The van der Waals surface area contributed by atoms with Gasteiger partial charge in [-0.3, -0.25) is 4.98 Å². The van der Waals surface area contributed by atoms with Gasteiger partial charge in [0.15, 0.2) is 5.82 Å². The van der Waals surface area contributed by atoms with Crippen LogP contribution in [0.25, 0.3) is 28.4 Å². The minimum Gasteiger partial charge on any atom is -0.497 e. The summed E-state index contributed by atoms with van der Waals surface area (Å²) < 4.78 is 6.98. The summed E-state index contributed by atoms with van der Waals surface area (Å²) in [6.07, 6.45) is 3.48. The van der Waals surface area contributed by atoms with E-state index < -0.39 is 0 Å². The fourth-order valence-electron chi connectivity index (χ4n) is 3.30. The Kier molecular flexibility index (Phi) is 4.98. The number of ether oxygens (including phenoxy) is 1. The van der Waals surface area contributed by atoms with E-state index in [2.05, 4.69) is 20.4 Å². The molecule has 0 atom stereocenters. The zero-order valence-electron chi connectivity index (χ0n) is 16.9. The van der Waals surface area contributed by atoms with Crippen molar-refractivity contribution >= 4 is 11.6 Å². The van der Waals surface area contributed by atoms with Crippen LogP contribution in [0.15, 0.2) is 85.2 Å². The van der Waals surface area contributed by atoms with Crippen LogP contribution in [0.2, 0.25) is 0 Å². The second-order valence-corrected chi connectivity index (χ2v) is 6.98. The zero-order valence-corrected chi connectivity index (χ0v) is 16.9. The molecule has 0 saturated carbocycles. The van der Waals surface area contributed by atoms with Gasteiger partial charge in [0.05, 0.1) is 12.8 Å². The van der Waals surface area contributed by atoms with Gasteiger partial charge in [-0.1, -0.05) is 42.5 Å². The first-order chi connectivity index (χ1) is 15.3. The van der Waals surface area contributed by atoms with Gasteiger partial charge in [0.25, 0.3) is 5.78 Å². The van der Waals surface area contributed by atoms with E-state index in [1.807, 2.05) is 72.8 Å². The molecule has 2 aromatic carbocycles. The Morgan fingerprint density at radius 3 is 2.45 bits per heavy atom. The quantitative estimate of drug-likeness (QED) is 0.447. The van der Waals surface area contributed by atoms with Crippen LogP contribution in [0, 0.1) is 0 Å². The molecule has 3 aromatic heterocycles. The molecule has 0 amide bonds. The Labute approximate surface area is 179 Å². The fraction of sp³-hybridized carbons (Fsp3) is 0.0833. The summed E-state index contributed by atoms with van der Waals surface area (Å²) in [5, 5.41) is 8.16. The molecule has 0 saturated heterocycles. The Bertz CT molecular complexity index is 1300. The van der Waals surface area contributed by atoms with Crippen molar-refractivity contribution in [1.29, 1.82) is 0 Å². The third kappa shape index (κ3) is 3.93. The normalized spacial score (nSPS) is 10.9. The minimum absolute atomic E-state index is 0.525. The Hall–Kier alpha value is -4.26. The molecular weight excluding hydrogens is 388 g/mol. The van der Waals surface area contributed by atoms with Crippen molar-refractivity contribution in [3.8, 4) is 28.4 Å². The fourth-order valence-corrected chi connectivity index (χ4v) is 3.30. The van der Waals surface area contributed by atoms with Gasteiger partial charge >= 0.3 is 0 Å². The number of methoxy groups -OCH3 is 1. The van der Waals surface area contributed by atoms with E-state index >= 15 is 0 Å². The predicted molar refractivity (Wildman–Crippen MR) is 120 cm³/mol. The zero-order chi connectivity index (χ0) is 21.0. The van der Waals surface area contributed by atoms with Crippen LogP contribution in [-0.2, 0) is 6.54 Å². The molecule has 7 nitrogen and oxygen atoms in total. The molecule has 0 unspecified atom stereocenters. The molecule has 0 radical (unpaired) electrons. The maximum atomic E-state index is 5.24. The number of nitrogens with one attached hydrogen (secondary N) is 1. The van der Waals surface area contributed by atoms with Gasteiger partial charge < -0.3 is 10.1 Å². The Morgan fingerprint density at radius 2 is 1.71 bits per heavy atom. The maximum absolute atomic E-state index is 5.24. The molecule has 1 N–H and O–H groups in total. The van der Waals surface area contributed by atoms with E-state index in [1.165, 1.54) is 0 Å². The number of hydrogen-bond donors (Lipinski definition) is 1. The lowest BCUT2D eigenvalue weighted by Gasteiger charge is -2.10. The topological polar surface area (TPSA) is 77.2 Å². The molecule has 7 heteroatoms. The molecule has 0 spiro atoms. The minimum atomic E-state index is 0.525. The largest absolute Gasteiger partial charge is 0.497 e. The van der Waals surface area contributed by atoms with Crippen molar-refractivity contribution in [2.75, 3.05) is 12.4 Å². The van der Waals surface area contributed by atoms with E-state index in [9.17, 15) is 0 Å². The Balaban J connectivity index is 1.55. The first kappa shape index (κ1) is 18.7. The highest BCUT2D eigenvalue weighted by molar-refractivity contribution is 5.66. The molecule has 3 heterocycles. The standard InChI is InChI=1S/C24H20N6O/c1-31-20-11-9-17(10-12-20)15-26-22-14-21(18-6-3-2-4-7-18)27-24-28-23(29-30(22)24)19-8-5-13-25-16-19/h2-14,16,26H,15H2,1H3. The number of fused-ring (bicyclic) bond motifs is 1. The first-order valence-electron chi connectivity index (χ1n) is 9.90. The van der Waals surface area contributed by atoms with Crippen LogP contribution in [-0.4, -0.2) is 31.7 Å². The van der Waals surface area contributed by atoms with Gasteiger partial charge in [-0.15, -0.1) is 5.10 Å². The highest BCUT2D eigenvalue weighted by Crippen LogP contribution is 2.24. The van der Waals surface area contributed by atoms with Crippen LogP contribution >= 0.6 is 0 Å². The second kappa shape index (κ2) is 8.23. The lowest BCUT2D eigenvalue weighted by molar-refractivity contribution is 0.414. The predicted octanol–water partition coefficient (Wildman–Crippen LogP) is 4.47. The van der Waals surface area contributed by atoms with Gasteiger partial charge in [-0.2, -0.15) is 9.50 Å². The van der Waals surface area contributed by atoms with Gasteiger partial charge in [0.1, 0.15) is 11.6 Å². The molecule has 0 aliphatic carbocycles. The summed E-state index contributed by atoms with van der Waals surface area (Å²) in [5.41, 5.74) is 3.81. The average Bonchev–Trinajstić information content (AvgIpc) is 3.28. The number of benzene rings is 2. The molecule has 31 heavy (non-hydrogen) atoms. The molecule has 0 aliphatic rings. The number of hydrogen-bond acceptors (Lipinski definition) is 6. The van der Waals surface area contributed by atoms with E-state index in [4.69, 9.17) is 9.72 Å². The van der Waals surface area contributed by atoms with Crippen molar-refractivity contribution < 1.29 is 4.74 Å². The molecule has 5 aromatic rings. The summed E-state index contributed by atoms with van der Waals surface area (Å²) in [7, 11) is 1.66. The molecule has 5 rings (SSSR count). The number of pyridine rings is 1. The summed E-state index contributed by atoms with van der Waals surface area (Å²) in [6.45, 7) is 0.624. The highest BCUT2D eigenvalue weighted by atomic mass is 16.5. The molecule has 152 valence electrons. The van der Waals surface area contributed by atoms with Gasteiger partial charge in [0, 0.05) is 36.1 Å². The van der Waals surface area contributed by atoms with Gasteiger partial charge in [0.2, 0.25) is 0 Å². The van der Waals surface area contributed by atoms with Crippen molar-refractivity contribution in [2.24, 2.45) is 0 Å². The van der Waals surface area contributed by atoms with Crippen molar-refractivity contribution in [1.82, 2.24) is 24.6 Å². The van der Waals surface area contributed by atoms with E-state index in [1.54, 1.807) is 24.0 Å². The van der Waals surface area contributed by atoms with E-state index in [0.717, 1.165) is 34.0 Å². The third-order valence-corrected chi connectivity index (χ3v) is 4.93. The number of rotatable bonds is 6. The first-order valence-corrected chi connectivity index (χ1v) is 9.90. The van der Waals surface area contributed by atoms with Crippen LogP contribution in [0.1, 0.15) is 5.56 Å². The summed E-state index contributed by atoms with van der Waals surface area (Å²) in [4.78, 5) is 13.6. The highest BCUT2D eigenvalue weighted by Gasteiger charge is 2.13. The Morgan fingerprint density at radius 1 is 0.903 bits per heavy atom. The monoisotopic (exact) mass is 408 g/mol. The molecule has 0 bridgehead atoms. The molecule has 0 aliphatic heterocycles. The molecule has 0 fully saturated rings. The van der Waals surface area contributed by atoms with Gasteiger partial charge in [-0.05, 0) is 29.8 Å². The number of nitrogens with zero attached hydrogens (tertiary/aromatic N) is 5. The lowest BCUT2D eigenvalue weighted by Crippen LogP contribution is -2.07. The summed E-state index contributed by atoms with van der Waals surface area (Å²) >= 11 is 0. The average molecular weight is 408 g/mol. The van der Waals surface area contributed by atoms with E-state index in [-0.39, 0.29) is 0 Å².